The lowest BCUT2D eigenvalue weighted by Gasteiger charge is -2.38. The van der Waals surface area contributed by atoms with E-state index in [-0.39, 0.29) is 11.2 Å². The molecule has 1 aromatic carbocycles. The van der Waals surface area contributed by atoms with Gasteiger partial charge in [-0.05, 0) is 31.4 Å². The fourth-order valence-corrected chi connectivity index (χ4v) is 1.92. The van der Waals surface area contributed by atoms with Gasteiger partial charge in [0.15, 0.2) is 0 Å². The van der Waals surface area contributed by atoms with Crippen LogP contribution < -0.4 is 11.1 Å². The molecule has 1 fully saturated rings. The van der Waals surface area contributed by atoms with Gasteiger partial charge >= 0.3 is 5.69 Å². The molecule has 5 nitrogen and oxygen atoms in total. The average molecular weight is 239 g/mol. The molecule has 0 aromatic heterocycles. The minimum absolute atomic E-state index is 0.187. The van der Waals surface area contributed by atoms with Crippen molar-refractivity contribution in [2.45, 2.75) is 24.8 Å². The molecular formula is C11H14FN3O2. The molecule has 0 heterocycles. The summed E-state index contributed by atoms with van der Waals surface area (Å²) < 4.78 is 13.3. The Morgan fingerprint density at radius 3 is 2.76 bits per heavy atom. The number of hydrogen-bond acceptors (Lipinski definition) is 4. The molecule has 17 heavy (non-hydrogen) atoms. The van der Waals surface area contributed by atoms with Crippen LogP contribution in [0.3, 0.4) is 0 Å². The van der Waals surface area contributed by atoms with Crippen LogP contribution in [0.15, 0.2) is 18.2 Å². The number of nitrogens with one attached hydrogen (secondary N) is 1. The van der Waals surface area contributed by atoms with Crippen molar-refractivity contribution < 1.29 is 9.31 Å². The van der Waals surface area contributed by atoms with Gasteiger partial charge in [0.1, 0.15) is 5.69 Å². The molecule has 2 rings (SSSR count). The number of hydrogen-bond donors (Lipinski definition) is 2. The van der Waals surface area contributed by atoms with E-state index >= 15 is 0 Å². The minimum Gasteiger partial charge on any atom is -0.378 e. The van der Waals surface area contributed by atoms with E-state index in [1.54, 1.807) is 0 Å². The second-order valence-corrected chi connectivity index (χ2v) is 4.46. The summed E-state index contributed by atoms with van der Waals surface area (Å²) >= 11 is 0. The SMILES string of the molecule is NC1(CNc2cccc(F)c2[N+](=O)[O-])CCC1. The molecule has 0 aliphatic heterocycles. The Morgan fingerprint density at radius 2 is 2.24 bits per heavy atom. The maximum Gasteiger partial charge on any atom is 0.327 e. The fraction of sp³-hybridized carbons (Fsp3) is 0.455. The van der Waals surface area contributed by atoms with Gasteiger partial charge in [0.05, 0.1) is 4.92 Å². The van der Waals surface area contributed by atoms with Crippen molar-refractivity contribution in [3.63, 3.8) is 0 Å². The van der Waals surface area contributed by atoms with Crippen LogP contribution in [0, 0.1) is 15.9 Å². The molecule has 0 atom stereocenters. The van der Waals surface area contributed by atoms with Gasteiger partial charge in [0.2, 0.25) is 5.82 Å². The van der Waals surface area contributed by atoms with Crippen LogP contribution in [0.4, 0.5) is 15.8 Å². The average Bonchev–Trinajstić information content (AvgIpc) is 2.23. The maximum absolute atomic E-state index is 13.3. The van der Waals surface area contributed by atoms with E-state index in [0.717, 1.165) is 25.3 Å². The first-order chi connectivity index (χ1) is 8.02. The first kappa shape index (κ1) is 11.8. The molecule has 0 saturated heterocycles. The summed E-state index contributed by atoms with van der Waals surface area (Å²) in [5.74, 6) is -0.834. The molecule has 1 aromatic rings. The lowest BCUT2D eigenvalue weighted by Crippen LogP contribution is -2.52. The molecule has 0 amide bonds. The van der Waals surface area contributed by atoms with Gasteiger partial charge in [-0.3, -0.25) is 10.1 Å². The van der Waals surface area contributed by atoms with Crippen LogP contribution in [-0.4, -0.2) is 17.0 Å². The van der Waals surface area contributed by atoms with Crippen molar-refractivity contribution in [3.05, 3.63) is 34.1 Å². The number of nitro groups is 1. The zero-order chi connectivity index (χ0) is 12.5. The summed E-state index contributed by atoms with van der Waals surface area (Å²) in [4.78, 5) is 10.0. The molecule has 0 unspecified atom stereocenters. The summed E-state index contributed by atoms with van der Waals surface area (Å²) in [6, 6.07) is 4.00. The Balaban J connectivity index is 2.15. The Kier molecular flexibility index (Phi) is 2.97. The van der Waals surface area contributed by atoms with Crippen molar-refractivity contribution in [2.24, 2.45) is 5.73 Å². The summed E-state index contributed by atoms with van der Waals surface area (Å²) in [6.45, 7) is 0.428. The van der Waals surface area contributed by atoms with Crippen LogP contribution in [0.25, 0.3) is 0 Å². The highest BCUT2D eigenvalue weighted by atomic mass is 19.1. The van der Waals surface area contributed by atoms with E-state index in [0.29, 0.717) is 6.54 Å². The number of nitrogens with zero attached hydrogens (tertiary/aromatic N) is 1. The highest BCUT2D eigenvalue weighted by Crippen LogP contribution is 2.32. The monoisotopic (exact) mass is 239 g/mol. The Labute approximate surface area is 98.0 Å². The molecule has 0 bridgehead atoms. The van der Waals surface area contributed by atoms with E-state index in [1.165, 1.54) is 12.1 Å². The smallest absolute Gasteiger partial charge is 0.327 e. The third-order valence-corrected chi connectivity index (χ3v) is 3.15. The standard InChI is InChI=1S/C11H14FN3O2/c12-8-3-1-4-9(10(8)15(16)17)14-7-11(13)5-2-6-11/h1,3-4,14H,2,5-7,13H2. The molecule has 0 radical (unpaired) electrons. The first-order valence-corrected chi connectivity index (χ1v) is 5.47. The van der Waals surface area contributed by atoms with Gasteiger partial charge in [-0.1, -0.05) is 6.07 Å². The highest BCUT2D eigenvalue weighted by Gasteiger charge is 2.33. The predicted molar refractivity (Wildman–Crippen MR) is 62.3 cm³/mol. The molecule has 1 aliphatic rings. The second-order valence-electron chi connectivity index (χ2n) is 4.46. The van der Waals surface area contributed by atoms with Crippen molar-refractivity contribution in [1.29, 1.82) is 0 Å². The molecule has 1 saturated carbocycles. The van der Waals surface area contributed by atoms with Gasteiger partial charge in [-0.25, -0.2) is 0 Å². The Hall–Kier alpha value is -1.69. The molecule has 0 spiro atoms. The number of anilines is 1. The van der Waals surface area contributed by atoms with Crippen LogP contribution in [0.2, 0.25) is 0 Å². The predicted octanol–water partition coefficient (Wildman–Crippen LogP) is 2.03. The third-order valence-electron chi connectivity index (χ3n) is 3.15. The van der Waals surface area contributed by atoms with Crippen molar-refractivity contribution >= 4 is 11.4 Å². The molecular weight excluding hydrogens is 225 g/mol. The minimum atomic E-state index is -0.834. The summed E-state index contributed by atoms with van der Waals surface area (Å²) in [5, 5.41) is 13.6. The molecule has 3 N–H and O–H groups in total. The topological polar surface area (TPSA) is 81.2 Å². The molecule has 92 valence electrons. The zero-order valence-corrected chi connectivity index (χ0v) is 9.28. The molecule has 6 heteroatoms. The number of nitro benzene ring substituents is 1. The largest absolute Gasteiger partial charge is 0.378 e. The number of halogens is 1. The fourth-order valence-electron chi connectivity index (χ4n) is 1.92. The molecule has 1 aliphatic carbocycles. The normalized spacial score (nSPS) is 17.3. The summed E-state index contributed by atoms with van der Waals surface area (Å²) in [7, 11) is 0. The highest BCUT2D eigenvalue weighted by molar-refractivity contribution is 5.62. The second kappa shape index (κ2) is 4.29. The van der Waals surface area contributed by atoms with Gasteiger partial charge < -0.3 is 11.1 Å². The van der Waals surface area contributed by atoms with Gasteiger partial charge in [0.25, 0.3) is 0 Å². The first-order valence-electron chi connectivity index (χ1n) is 5.47. The number of para-hydroxylation sites is 1. The van der Waals surface area contributed by atoms with E-state index in [4.69, 9.17) is 5.73 Å². The maximum atomic E-state index is 13.3. The van der Waals surface area contributed by atoms with E-state index < -0.39 is 16.4 Å². The number of rotatable bonds is 4. The zero-order valence-electron chi connectivity index (χ0n) is 9.28. The Bertz CT molecular complexity index is 446. The quantitative estimate of drug-likeness (QED) is 0.622. The van der Waals surface area contributed by atoms with E-state index in [1.807, 2.05) is 0 Å². The number of benzene rings is 1. The van der Waals surface area contributed by atoms with Gasteiger partial charge in [-0.2, -0.15) is 4.39 Å². The lowest BCUT2D eigenvalue weighted by atomic mass is 9.78. The summed E-state index contributed by atoms with van der Waals surface area (Å²) in [6.07, 6.45) is 2.86. The van der Waals surface area contributed by atoms with Crippen LogP contribution in [0.5, 0.6) is 0 Å². The van der Waals surface area contributed by atoms with Crippen LogP contribution >= 0.6 is 0 Å². The van der Waals surface area contributed by atoms with Crippen molar-refractivity contribution in [1.82, 2.24) is 0 Å². The van der Waals surface area contributed by atoms with Gasteiger partial charge in [0, 0.05) is 12.1 Å². The lowest BCUT2D eigenvalue weighted by molar-refractivity contribution is -0.386. The van der Waals surface area contributed by atoms with E-state index in [2.05, 4.69) is 5.32 Å². The van der Waals surface area contributed by atoms with Crippen LogP contribution in [0.1, 0.15) is 19.3 Å². The Morgan fingerprint density at radius 1 is 1.53 bits per heavy atom. The van der Waals surface area contributed by atoms with Crippen molar-refractivity contribution in [2.75, 3.05) is 11.9 Å². The van der Waals surface area contributed by atoms with E-state index in [9.17, 15) is 14.5 Å². The third kappa shape index (κ3) is 2.36. The van der Waals surface area contributed by atoms with Crippen LogP contribution in [-0.2, 0) is 0 Å². The van der Waals surface area contributed by atoms with Crippen molar-refractivity contribution in [3.8, 4) is 0 Å². The van der Waals surface area contributed by atoms with Gasteiger partial charge in [-0.15, -0.1) is 0 Å². The summed E-state index contributed by atoms with van der Waals surface area (Å²) in [5.41, 5.74) is 5.35. The number of nitrogens with two attached hydrogens (primary N) is 1.